The van der Waals surface area contributed by atoms with Gasteiger partial charge in [0.1, 0.15) is 0 Å². The predicted octanol–water partition coefficient (Wildman–Crippen LogP) is 5.08. The van der Waals surface area contributed by atoms with E-state index in [9.17, 15) is 9.59 Å². The first-order chi connectivity index (χ1) is 17.0. The van der Waals surface area contributed by atoms with Crippen molar-refractivity contribution in [3.8, 4) is 11.5 Å². The molecule has 0 saturated carbocycles. The maximum atomic E-state index is 13.7. The summed E-state index contributed by atoms with van der Waals surface area (Å²) in [6, 6.07) is 20.0. The van der Waals surface area contributed by atoms with Gasteiger partial charge in [-0.25, -0.2) is 0 Å². The highest BCUT2D eigenvalue weighted by atomic mass is 79.9. The molecule has 1 aliphatic heterocycles. The zero-order chi connectivity index (χ0) is 24.3. The average molecular weight is 531 g/mol. The first-order valence-corrected chi connectivity index (χ1v) is 12.4. The lowest BCUT2D eigenvalue weighted by Crippen LogP contribution is -2.41. The van der Waals surface area contributed by atoms with Crippen LogP contribution in [0.1, 0.15) is 46.6 Å². The topological polar surface area (TPSA) is 68.2 Å². The van der Waals surface area contributed by atoms with Gasteiger partial charge in [-0.15, -0.1) is 0 Å². The molecule has 1 fully saturated rings. The molecule has 0 radical (unpaired) electrons. The average Bonchev–Trinajstić information content (AvgIpc) is 3.13. The molecule has 3 aromatic rings. The van der Waals surface area contributed by atoms with Crippen LogP contribution in [-0.2, 0) is 9.59 Å². The maximum absolute atomic E-state index is 13.7. The minimum atomic E-state index is -0.448. The molecule has 1 saturated heterocycles. The summed E-state index contributed by atoms with van der Waals surface area (Å²) in [4.78, 5) is 27.3. The third-order valence-electron chi connectivity index (χ3n) is 7.28. The summed E-state index contributed by atoms with van der Waals surface area (Å²) in [6.07, 6.45) is 1.53. The van der Waals surface area contributed by atoms with E-state index < -0.39 is 11.8 Å². The molecule has 3 aromatic carbocycles. The van der Waals surface area contributed by atoms with Gasteiger partial charge in [0.2, 0.25) is 0 Å². The Morgan fingerprint density at radius 3 is 1.89 bits per heavy atom. The number of hydrogen-bond donors (Lipinski definition) is 0. The maximum Gasteiger partial charge on any atom is 0.254 e. The largest absolute Gasteiger partial charge is 0.492 e. The van der Waals surface area contributed by atoms with Crippen LogP contribution >= 0.6 is 15.9 Å². The minimum absolute atomic E-state index is 0.145. The fourth-order valence-corrected chi connectivity index (χ4v) is 6.64. The molecular formula is C28H23BrN2O4. The van der Waals surface area contributed by atoms with Gasteiger partial charge >= 0.3 is 0 Å². The Hall–Kier alpha value is -3.45. The van der Waals surface area contributed by atoms with Gasteiger partial charge in [-0.1, -0.05) is 48.5 Å². The minimum Gasteiger partial charge on any atom is -0.492 e. The van der Waals surface area contributed by atoms with E-state index in [1.165, 1.54) is 6.21 Å². The van der Waals surface area contributed by atoms with Crippen molar-refractivity contribution in [1.82, 2.24) is 5.01 Å². The summed E-state index contributed by atoms with van der Waals surface area (Å²) >= 11 is 3.50. The van der Waals surface area contributed by atoms with E-state index >= 15 is 0 Å². The van der Waals surface area contributed by atoms with E-state index in [1.54, 1.807) is 13.2 Å². The highest BCUT2D eigenvalue weighted by Gasteiger charge is 2.61. The van der Waals surface area contributed by atoms with Crippen molar-refractivity contribution >= 4 is 34.0 Å². The van der Waals surface area contributed by atoms with Crippen LogP contribution in [0.2, 0.25) is 0 Å². The number of halogens is 1. The number of imide groups is 1. The number of methoxy groups -OCH3 is 1. The third-order valence-corrected chi connectivity index (χ3v) is 7.87. The molecule has 176 valence electrons. The molecular weight excluding hydrogens is 508 g/mol. The molecule has 0 aromatic heterocycles. The fraction of sp³-hybridized carbons (Fsp3) is 0.250. The molecule has 4 aliphatic rings. The standard InChI is InChI=1S/C28H23BrN2O4/c1-3-35-21-13-15(12-20(29)26(21)34-2)14-30-31-27(32)24-22-16-8-4-5-9-17(16)23(25(24)28(31)33)19-11-7-6-10-18(19)22/h4-14,22-25H,3H2,1-2H3/b30-14-/t22?,23?,24-,25-/m0/s1. The molecule has 1 heterocycles. The van der Waals surface area contributed by atoms with Crippen molar-refractivity contribution in [2.24, 2.45) is 16.9 Å². The van der Waals surface area contributed by atoms with Crippen molar-refractivity contribution in [3.63, 3.8) is 0 Å². The number of ether oxygens (including phenoxy) is 2. The van der Waals surface area contributed by atoms with Crippen molar-refractivity contribution in [2.45, 2.75) is 18.8 Å². The second-order valence-corrected chi connectivity index (χ2v) is 9.82. The molecule has 0 N–H and O–H groups in total. The zero-order valence-corrected chi connectivity index (χ0v) is 20.9. The molecule has 2 amide bonds. The Labute approximate surface area is 211 Å². The van der Waals surface area contributed by atoms with Crippen LogP contribution < -0.4 is 9.47 Å². The summed E-state index contributed by atoms with van der Waals surface area (Å²) in [7, 11) is 1.57. The van der Waals surface area contributed by atoms with Crippen molar-refractivity contribution < 1.29 is 19.1 Å². The van der Waals surface area contributed by atoms with Gasteiger partial charge in [0.05, 0.1) is 36.2 Å². The van der Waals surface area contributed by atoms with Crippen LogP contribution in [0.5, 0.6) is 11.5 Å². The quantitative estimate of drug-likeness (QED) is 0.340. The summed E-state index contributed by atoms with van der Waals surface area (Å²) in [5.74, 6) is -0.534. The monoisotopic (exact) mass is 530 g/mol. The van der Waals surface area contributed by atoms with E-state index in [0.29, 0.717) is 28.1 Å². The van der Waals surface area contributed by atoms with Gasteiger partial charge in [0, 0.05) is 11.8 Å². The third kappa shape index (κ3) is 3.18. The van der Waals surface area contributed by atoms with E-state index in [4.69, 9.17) is 9.47 Å². The Bertz CT molecular complexity index is 1290. The number of hydrazone groups is 1. The van der Waals surface area contributed by atoms with Gasteiger partial charge in [-0.2, -0.15) is 10.1 Å². The van der Waals surface area contributed by atoms with E-state index in [1.807, 2.05) is 37.3 Å². The number of amides is 2. The molecule has 6 nitrogen and oxygen atoms in total. The highest BCUT2D eigenvalue weighted by Crippen LogP contribution is 2.60. The van der Waals surface area contributed by atoms with Gasteiger partial charge in [0.15, 0.2) is 11.5 Å². The predicted molar refractivity (Wildman–Crippen MR) is 135 cm³/mol. The Morgan fingerprint density at radius 1 is 0.914 bits per heavy atom. The lowest BCUT2D eigenvalue weighted by Gasteiger charge is -2.45. The SMILES string of the molecule is CCOc1cc(/C=N\N2C(=O)[C@H]3C4c5ccccc5C(c5ccccc54)[C@@H]3C2=O)cc(Br)c1OC. The smallest absolute Gasteiger partial charge is 0.254 e. The summed E-state index contributed by atoms with van der Waals surface area (Å²) < 4.78 is 11.8. The van der Waals surface area contributed by atoms with Crippen molar-refractivity contribution in [3.05, 3.63) is 93.0 Å². The van der Waals surface area contributed by atoms with Gasteiger partial charge in [-0.3, -0.25) is 9.59 Å². The van der Waals surface area contributed by atoms with Crippen LogP contribution in [0.3, 0.4) is 0 Å². The number of carbonyl (C=O) groups is 2. The number of rotatable bonds is 5. The van der Waals surface area contributed by atoms with Crippen LogP contribution in [-0.4, -0.2) is 36.8 Å². The van der Waals surface area contributed by atoms with Crippen LogP contribution in [0, 0.1) is 11.8 Å². The highest BCUT2D eigenvalue weighted by molar-refractivity contribution is 9.10. The number of benzene rings is 3. The number of nitrogens with zero attached hydrogens (tertiary/aromatic N) is 2. The lowest BCUT2D eigenvalue weighted by molar-refractivity contribution is -0.139. The summed E-state index contributed by atoms with van der Waals surface area (Å²) in [5, 5.41) is 5.47. The van der Waals surface area contributed by atoms with Crippen LogP contribution in [0.15, 0.2) is 70.2 Å². The van der Waals surface area contributed by atoms with Crippen LogP contribution in [0.4, 0.5) is 0 Å². The second-order valence-electron chi connectivity index (χ2n) is 8.96. The summed E-state index contributed by atoms with van der Waals surface area (Å²) in [6.45, 7) is 2.36. The Balaban J connectivity index is 1.39. The Morgan fingerprint density at radius 2 is 1.43 bits per heavy atom. The van der Waals surface area contributed by atoms with Gasteiger partial charge < -0.3 is 9.47 Å². The van der Waals surface area contributed by atoms with E-state index in [2.05, 4.69) is 45.3 Å². The van der Waals surface area contributed by atoms with Crippen LogP contribution in [0.25, 0.3) is 0 Å². The molecule has 2 bridgehead atoms. The first kappa shape index (κ1) is 22.0. The molecule has 7 rings (SSSR count). The molecule has 2 atom stereocenters. The summed E-state index contributed by atoms with van der Waals surface area (Å²) in [5.41, 5.74) is 5.26. The zero-order valence-electron chi connectivity index (χ0n) is 19.3. The van der Waals surface area contributed by atoms with E-state index in [0.717, 1.165) is 27.3 Å². The molecule has 7 heteroatoms. The van der Waals surface area contributed by atoms with E-state index in [-0.39, 0.29) is 23.7 Å². The normalized spacial score (nSPS) is 23.9. The fourth-order valence-electron chi connectivity index (χ4n) is 6.02. The molecule has 35 heavy (non-hydrogen) atoms. The van der Waals surface area contributed by atoms with Crippen molar-refractivity contribution in [2.75, 3.05) is 13.7 Å². The lowest BCUT2D eigenvalue weighted by atomic mass is 9.55. The van der Waals surface area contributed by atoms with Crippen molar-refractivity contribution in [1.29, 1.82) is 0 Å². The molecule has 0 spiro atoms. The van der Waals surface area contributed by atoms with Gasteiger partial charge in [0.25, 0.3) is 11.8 Å². The molecule has 3 aliphatic carbocycles. The Kier molecular flexibility index (Phi) is 5.25. The number of hydrogen-bond acceptors (Lipinski definition) is 5. The number of carbonyl (C=O) groups excluding carboxylic acids is 2. The molecule has 0 unspecified atom stereocenters. The van der Waals surface area contributed by atoms with Gasteiger partial charge in [-0.05, 0) is 62.8 Å². The first-order valence-electron chi connectivity index (χ1n) is 11.6. The second kappa shape index (κ2) is 8.34.